The minimum atomic E-state index is -0.302. The summed E-state index contributed by atoms with van der Waals surface area (Å²) in [4.78, 5) is 0. The SMILES string of the molecule is N=NNC(=NN)C1=CC=CC(Cl)N1. The summed E-state index contributed by atoms with van der Waals surface area (Å²) in [5, 5.41) is 9.23. The van der Waals surface area contributed by atoms with Gasteiger partial charge in [0.2, 0.25) is 0 Å². The quantitative estimate of drug-likeness (QED) is 0.0988. The van der Waals surface area contributed by atoms with Gasteiger partial charge in [-0.25, -0.2) is 5.43 Å². The number of nitrogens with two attached hydrogens (primary N) is 1. The third kappa shape index (κ3) is 2.45. The van der Waals surface area contributed by atoms with Crippen LogP contribution in [0.4, 0.5) is 0 Å². The van der Waals surface area contributed by atoms with E-state index in [-0.39, 0.29) is 11.3 Å². The van der Waals surface area contributed by atoms with Crippen molar-refractivity contribution in [1.82, 2.24) is 10.7 Å². The minimum Gasteiger partial charge on any atom is -0.363 e. The molecule has 70 valence electrons. The zero-order valence-electron chi connectivity index (χ0n) is 6.66. The molecule has 0 saturated carbocycles. The number of nitrogens with one attached hydrogen (secondary N) is 3. The Hall–Kier alpha value is -1.56. The highest BCUT2D eigenvalue weighted by molar-refractivity contribution is 6.22. The standard InChI is InChI=1S/C6H9ClN6/c7-5-3-1-2-4(10-5)6(11-8)12-13-9/h1-3,5,10H,8H2,(H2,9,11,12). The topological polar surface area (TPSA) is 98.7 Å². The van der Waals surface area contributed by atoms with Crippen LogP contribution < -0.4 is 16.6 Å². The number of allylic oxidation sites excluding steroid dienone is 2. The van der Waals surface area contributed by atoms with Gasteiger partial charge in [-0.05, 0) is 12.2 Å². The molecule has 0 aromatic heterocycles. The van der Waals surface area contributed by atoms with Crippen molar-refractivity contribution in [2.45, 2.75) is 5.50 Å². The van der Waals surface area contributed by atoms with Crippen molar-refractivity contribution in [2.24, 2.45) is 16.2 Å². The van der Waals surface area contributed by atoms with Crippen molar-refractivity contribution in [2.75, 3.05) is 0 Å². The molecule has 0 radical (unpaired) electrons. The van der Waals surface area contributed by atoms with Crippen LogP contribution in [0.15, 0.2) is 34.2 Å². The van der Waals surface area contributed by atoms with Crippen LogP contribution in [0.1, 0.15) is 0 Å². The molecule has 1 heterocycles. The minimum absolute atomic E-state index is 0.269. The first-order valence-electron chi connectivity index (χ1n) is 3.47. The molecule has 5 N–H and O–H groups in total. The van der Waals surface area contributed by atoms with Gasteiger partial charge in [-0.15, -0.1) is 0 Å². The van der Waals surface area contributed by atoms with E-state index in [0.717, 1.165) is 0 Å². The third-order valence-electron chi connectivity index (χ3n) is 1.38. The number of amidine groups is 1. The van der Waals surface area contributed by atoms with E-state index < -0.39 is 0 Å². The first-order chi connectivity index (χ1) is 6.27. The number of dihydropyridines is 1. The van der Waals surface area contributed by atoms with Gasteiger partial charge in [0.25, 0.3) is 0 Å². The molecular formula is C6H9ClN6. The van der Waals surface area contributed by atoms with E-state index >= 15 is 0 Å². The Morgan fingerprint density at radius 2 is 2.54 bits per heavy atom. The number of alkyl halides is 1. The highest BCUT2D eigenvalue weighted by Crippen LogP contribution is 2.05. The zero-order chi connectivity index (χ0) is 9.68. The van der Waals surface area contributed by atoms with Crippen molar-refractivity contribution in [3.8, 4) is 0 Å². The van der Waals surface area contributed by atoms with Crippen molar-refractivity contribution in [3.05, 3.63) is 23.9 Å². The molecule has 6 nitrogen and oxygen atoms in total. The van der Waals surface area contributed by atoms with Crippen LogP contribution in [-0.2, 0) is 0 Å². The Morgan fingerprint density at radius 1 is 1.77 bits per heavy atom. The Kier molecular flexibility index (Phi) is 3.27. The molecule has 0 aliphatic carbocycles. The lowest BCUT2D eigenvalue weighted by atomic mass is 10.3. The Balaban J connectivity index is 2.75. The highest BCUT2D eigenvalue weighted by Gasteiger charge is 2.11. The molecule has 1 rings (SSSR count). The van der Waals surface area contributed by atoms with Gasteiger partial charge in [-0.1, -0.05) is 22.9 Å². The van der Waals surface area contributed by atoms with E-state index in [1.807, 2.05) is 0 Å². The van der Waals surface area contributed by atoms with Crippen molar-refractivity contribution < 1.29 is 0 Å². The van der Waals surface area contributed by atoms with Gasteiger partial charge in [0.05, 0.1) is 5.70 Å². The Bertz CT molecular complexity index is 281. The summed E-state index contributed by atoms with van der Waals surface area (Å²) < 4.78 is 0. The van der Waals surface area contributed by atoms with Crippen molar-refractivity contribution in [1.29, 1.82) is 5.53 Å². The second-order valence-electron chi connectivity index (χ2n) is 2.21. The summed E-state index contributed by atoms with van der Waals surface area (Å²) in [7, 11) is 0. The maximum Gasteiger partial charge on any atom is 0.190 e. The first-order valence-corrected chi connectivity index (χ1v) is 3.91. The smallest absolute Gasteiger partial charge is 0.190 e. The normalized spacial score (nSPS) is 21.8. The lowest BCUT2D eigenvalue weighted by Crippen LogP contribution is -2.34. The number of halogens is 1. The molecule has 1 unspecified atom stereocenters. The van der Waals surface area contributed by atoms with Crippen LogP contribution in [0.2, 0.25) is 0 Å². The molecule has 0 spiro atoms. The number of nitrogens with zero attached hydrogens (tertiary/aromatic N) is 2. The van der Waals surface area contributed by atoms with E-state index in [1.54, 1.807) is 18.2 Å². The largest absolute Gasteiger partial charge is 0.363 e. The monoisotopic (exact) mass is 200 g/mol. The van der Waals surface area contributed by atoms with Gasteiger partial charge >= 0.3 is 0 Å². The summed E-state index contributed by atoms with van der Waals surface area (Å²) in [5.74, 6) is 5.34. The molecule has 0 aromatic rings. The summed E-state index contributed by atoms with van der Waals surface area (Å²) >= 11 is 5.77. The molecular weight excluding hydrogens is 192 g/mol. The molecule has 0 aromatic carbocycles. The molecule has 1 aliphatic rings. The van der Waals surface area contributed by atoms with E-state index in [2.05, 4.69) is 21.1 Å². The average Bonchev–Trinajstić information content (AvgIpc) is 2.14. The van der Waals surface area contributed by atoms with Crippen LogP contribution >= 0.6 is 11.6 Å². The Morgan fingerprint density at radius 3 is 3.08 bits per heavy atom. The third-order valence-corrected chi connectivity index (χ3v) is 1.64. The van der Waals surface area contributed by atoms with E-state index in [4.69, 9.17) is 23.0 Å². The number of hydrazone groups is 1. The average molecular weight is 201 g/mol. The van der Waals surface area contributed by atoms with Gasteiger partial charge in [0, 0.05) is 0 Å². The van der Waals surface area contributed by atoms with Crippen molar-refractivity contribution in [3.63, 3.8) is 0 Å². The molecule has 0 fully saturated rings. The van der Waals surface area contributed by atoms with Crippen molar-refractivity contribution >= 4 is 17.4 Å². The maximum atomic E-state index is 6.58. The van der Waals surface area contributed by atoms with Crippen LogP contribution in [0, 0.1) is 5.53 Å². The number of hydrogen-bond donors (Lipinski definition) is 4. The lowest BCUT2D eigenvalue weighted by molar-refractivity contribution is 0.814. The van der Waals surface area contributed by atoms with Crippen LogP contribution in [-0.4, -0.2) is 11.3 Å². The van der Waals surface area contributed by atoms with E-state index in [1.165, 1.54) is 0 Å². The number of hydrogen-bond acceptors (Lipinski definition) is 5. The molecule has 13 heavy (non-hydrogen) atoms. The van der Waals surface area contributed by atoms with Crippen LogP contribution in [0.3, 0.4) is 0 Å². The maximum absolute atomic E-state index is 6.58. The van der Waals surface area contributed by atoms with E-state index in [9.17, 15) is 0 Å². The number of rotatable bonds is 2. The fourth-order valence-electron chi connectivity index (χ4n) is 0.853. The van der Waals surface area contributed by atoms with Gasteiger partial charge in [-0.3, -0.25) is 0 Å². The molecule has 0 bridgehead atoms. The fraction of sp³-hybridized carbons (Fsp3) is 0.167. The predicted molar refractivity (Wildman–Crippen MR) is 49.9 cm³/mol. The zero-order valence-corrected chi connectivity index (χ0v) is 7.42. The van der Waals surface area contributed by atoms with Gasteiger partial charge in [-0.2, -0.15) is 10.6 Å². The molecule has 7 heteroatoms. The van der Waals surface area contributed by atoms with Gasteiger partial charge < -0.3 is 11.2 Å². The van der Waals surface area contributed by atoms with Crippen LogP contribution in [0.25, 0.3) is 0 Å². The predicted octanol–water partition coefficient (Wildman–Crippen LogP) is 0.402. The second kappa shape index (κ2) is 4.46. The first kappa shape index (κ1) is 9.53. The summed E-state index contributed by atoms with van der Waals surface area (Å²) in [5.41, 5.74) is 9.19. The molecule has 1 atom stereocenters. The molecule has 1 aliphatic heterocycles. The fourth-order valence-corrected chi connectivity index (χ4v) is 1.05. The van der Waals surface area contributed by atoms with Crippen LogP contribution in [0.5, 0.6) is 0 Å². The summed E-state index contributed by atoms with van der Waals surface area (Å²) in [6.45, 7) is 0. The molecule has 0 amide bonds. The second-order valence-corrected chi connectivity index (χ2v) is 2.68. The molecule has 0 saturated heterocycles. The summed E-state index contributed by atoms with van der Waals surface area (Å²) in [6, 6.07) is 0. The highest BCUT2D eigenvalue weighted by atomic mass is 35.5. The van der Waals surface area contributed by atoms with Gasteiger partial charge in [0.15, 0.2) is 5.84 Å². The van der Waals surface area contributed by atoms with E-state index in [0.29, 0.717) is 5.70 Å². The van der Waals surface area contributed by atoms with Gasteiger partial charge in [0.1, 0.15) is 5.50 Å². The Labute approximate surface area is 80.0 Å². The summed E-state index contributed by atoms with van der Waals surface area (Å²) in [6.07, 6.45) is 5.25. The lowest BCUT2D eigenvalue weighted by Gasteiger charge is -2.16.